The molecule has 0 spiro atoms. The summed E-state index contributed by atoms with van der Waals surface area (Å²) in [6.07, 6.45) is 0.402. The van der Waals surface area contributed by atoms with E-state index in [9.17, 15) is 13.2 Å². The molecule has 1 atom stereocenters. The largest absolute Gasteiger partial charge is 0.324 e. The fourth-order valence-electron chi connectivity index (χ4n) is 4.92. The van der Waals surface area contributed by atoms with E-state index in [1.54, 1.807) is 48.5 Å². The average molecular weight is 516 g/mol. The molecule has 3 aromatic rings. The molecule has 6 nitrogen and oxygen atoms in total. The topological polar surface area (TPSA) is 69.7 Å². The van der Waals surface area contributed by atoms with Crippen LogP contribution >= 0.6 is 23.2 Å². The number of carbonyl (C=O) groups is 1. The Bertz CT molecular complexity index is 1340. The van der Waals surface area contributed by atoms with Crippen LogP contribution in [0.1, 0.15) is 11.1 Å². The van der Waals surface area contributed by atoms with Gasteiger partial charge in [-0.2, -0.15) is 4.31 Å². The molecule has 0 aromatic heterocycles. The van der Waals surface area contributed by atoms with Gasteiger partial charge < -0.3 is 5.32 Å². The van der Waals surface area contributed by atoms with Gasteiger partial charge in [-0.15, -0.1) is 0 Å². The maximum Gasteiger partial charge on any atom is 0.249 e. The molecule has 2 aliphatic heterocycles. The fraction of sp³-hybridized carbons (Fsp3) is 0.240. The smallest absolute Gasteiger partial charge is 0.249 e. The fourth-order valence-corrected chi connectivity index (χ4v) is 6.75. The number of rotatable bonds is 5. The second-order valence-corrected chi connectivity index (χ2v) is 11.3. The molecule has 0 radical (unpaired) electrons. The lowest BCUT2D eigenvalue weighted by Gasteiger charge is -2.44. The molecular weight excluding hydrogens is 493 g/mol. The predicted octanol–water partition coefficient (Wildman–Crippen LogP) is 4.39. The van der Waals surface area contributed by atoms with Crippen LogP contribution in [0.2, 0.25) is 10.0 Å². The number of carbonyl (C=O) groups excluding carboxylic acids is 1. The zero-order valence-corrected chi connectivity index (χ0v) is 20.6. The Labute approximate surface area is 209 Å². The van der Waals surface area contributed by atoms with Crippen molar-refractivity contribution in [2.75, 3.05) is 31.5 Å². The van der Waals surface area contributed by atoms with Crippen LogP contribution in [0.4, 0.5) is 5.69 Å². The third-order valence-electron chi connectivity index (χ3n) is 6.56. The highest BCUT2D eigenvalue weighted by atomic mass is 35.5. The van der Waals surface area contributed by atoms with Crippen LogP contribution in [0.5, 0.6) is 0 Å². The van der Waals surface area contributed by atoms with Crippen molar-refractivity contribution >= 4 is 44.8 Å². The molecule has 2 heterocycles. The minimum absolute atomic E-state index is 0.149. The Balaban J connectivity index is 1.49. The lowest BCUT2D eigenvalue weighted by atomic mass is 9.82. The normalized spacial score (nSPS) is 21.3. The highest BCUT2D eigenvalue weighted by molar-refractivity contribution is 7.89. The summed E-state index contributed by atoms with van der Waals surface area (Å²) in [5.41, 5.74) is 1.44. The van der Waals surface area contributed by atoms with Gasteiger partial charge >= 0.3 is 0 Å². The number of hydrogen-bond acceptors (Lipinski definition) is 4. The van der Waals surface area contributed by atoms with Crippen LogP contribution in [-0.4, -0.2) is 49.7 Å². The van der Waals surface area contributed by atoms with Crippen LogP contribution in [0, 0.1) is 0 Å². The maximum absolute atomic E-state index is 13.6. The van der Waals surface area contributed by atoms with Crippen molar-refractivity contribution in [3.8, 4) is 0 Å². The zero-order chi connectivity index (χ0) is 23.9. The van der Waals surface area contributed by atoms with Gasteiger partial charge in [0.25, 0.3) is 0 Å². The molecule has 176 valence electrons. The number of sulfonamides is 1. The molecule has 5 rings (SSSR count). The maximum atomic E-state index is 13.6. The second-order valence-electron chi connectivity index (χ2n) is 8.52. The van der Waals surface area contributed by atoms with Gasteiger partial charge in [0.15, 0.2) is 0 Å². The third kappa shape index (κ3) is 4.01. The van der Waals surface area contributed by atoms with Crippen molar-refractivity contribution in [3.05, 3.63) is 94.0 Å². The van der Waals surface area contributed by atoms with Crippen LogP contribution in [0.25, 0.3) is 0 Å². The van der Waals surface area contributed by atoms with Gasteiger partial charge in [0, 0.05) is 53.9 Å². The van der Waals surface area contributed by atoms with E-state index in [-0.39, 0.29) is 23.9 Å². The molecule has 2 aliphatic rings. The van der Waals surface area contributed by atoms with Crippen molar-refractivity contribution in [3.63, 3.8) is 0 Å². The standard InChI is InChI=1S/C25H23Cl2N3O3S/c26-19-6-4-5-18(15-19)17-25(22-10-9-20(27)16-23(22)28-24(25)31)29-11-13-30(14-12-29)34(32,33)21-7-2-1-3-8-21/h1-10,15-16H,11-14,17H2,(H,28,31). The molecule has 1 saturated heterocycles. The minimum Gasteiger partial charge on any atom is -0.324 e. The Kier molecular flexibility index (Phi) is 6.16. The highest BCUT2D eigenvalue weighted by Crippen LogP contribution is 2.44. The summed E-state index contributed by atoms with van der Waals surface area (Å²) in [5, 5.41) is 4.14. The molecule has 0 saturated carbocycles. The van der Waals surface area contributed by atoms with E-state index in [0.717, 1.165) is 11.1 Å². The number of nitrogens with one attached hydrogen (secondary N) is 1. The monoisotopic (exact) mass is 515 g/mol. The first-order chi connectivity index (χ1) is 16.3. The SMILES string of the molecule is O=C1Nc2cc(Cl)ccc2C1(Cc1cccc(Cl)c1)N1CCN(S(=O)(=O)c2ccccc2)CC1. The summed E-state index contributed by atoms with van der Waals surface area (Å²) < 4.78 is 27.7. The van der Waals surface area contributed by atoms with Crippen LogP contribution in [0.15, 0.2) is 77.7 Å². The van der Waals surface area contributed by atoms with E-state index >= 15 is 0 Å². The number of amides is 1. The number of hydrogen-bond donors (Lipinski definition) is 1. The van der Waals surface area contributed by atoms with Crippen LogP contribution < -0.4 is 5.32 Å². The quantitative estimate of drug-likeness (QED) is 0.546. The van der Waals surface area contributed by atoms with E-state index in [0.29, 0.717) is 35.2 Å². The van der Waals surface area contributed by atoms with Gasteiger partial charge in [-0.1, -0.05) is 59.6 Å². The average Bonchev–Trinajstić information content (AvgIpc) is 3.10. The molecule has 0 aliphatic carbocycles. The summed E-state index contributed by atoms with van der Waals surface area (Å²) in [7, 11) is -3.60. The first kappa shape index (κ1) is 23.3. The summed E-state index contributed by atoms with van der Waals surface area (Å²) >= 11 is 12.4. The molecule has 0 bridgehead atoms. The first-order valence-corrected chi connectivity index (χ1v) is 13.2. The number of halogens is 2. The van der Waals surface area contributed by atoms with Crippen LogP contribution in [0.3, 0.4) is 0 Å². The Morgan fingerprint density at radius 1 is 0.853 bits per heavy atom. The van der Waals surface area contributed by atoms with E-state index in [4.69, 9.17) is 23.2 Å². The third-order valence-corrected chi connectivity index (χ3v) is 8.94. The Morgan fingerprint density at radius 3 is 2.26 bits per heavy atom. The van der Waals surface area contributed by atoms with E-state index < -0.39 is 15.6 Å². The van der Waals surface area contributed by atoms with E-state index in [1.807, 2.05) is 24.3 Å². The van der Waals surface area contributed by atoms with Crippen molar-refractivity contribution in [2.45, 2.75) is 16.9 Å². The molecule has 3 aromatic carbocycles. The summed E-state index contributed by atoms with van der Waals surface area (Å²) in [4.78, 5) is 15.9. The molecule has 34 heavy (non-hydrogen) atoms. The van der Waals surface area contributed by atoms with Gasteiger partial charge in [0.05, 0.1) is 4.90 Å². The first-order valence-electron chi connectivity index (χ1n) is 11.0. The summed E-state index contributed by atoms with van der Waals surface area (Å²) in [6, 6.07) is 21.3. The number of benzene rings is 3. The summed E-state index contributed by atoms with van der Waals surface area (Å²) in [5.74, 6) is -0.149. The molecule has 1 fully saturated rings. The highest BCUT2D eigenvalue weighted by Gasteiger charge is 2.52. The van der Waals surface area contributed by atoms with Gasteiger partial charge in [-0.05, 0) is 42.0 Å². The van der Waals surface area contributed by atoms with E-state index in [2.05, 4.69) is 10.2 Å². The second kappa shape index (κ2) is 8.98. The van der Waals surface area contributed by atoms with Gasteiger partial charge in [-0.3, -0.25) is 9.69 Å². The van der Waals surface area contributed by atoms with Gasteiger partial charge in [0.1, 0.15) is 5.54 Å². The molecule has 1 N–H and O–H groups in total. The number of anilines is 1. The van der Waals surface area contributed by atoms with E-state index in [1.165, 1.54) is 4.31 Å². The van der Waals surface area contributed by atoms with Crippen LogP contribution in [-0.2, 0) is 26.8 Å². The number of fused-ring (bicyclic) bond motifs is 1. The van der Waals surface area contributed by atoms with Gasteiger partial charge in [0.2, 0.25) is 15.9 Å². The molecular formula is C25H23Cl2N3O3S. The molecule has 1 amide bonds. The van der Waals surface area contributed by atoms with Crippen molar-refractivity contribution in [2.24, 2.45) is 0 Å². The molecule has 9 heteroatoms. The summed E-state index contributed by atoms with van der Waals surface area (Å²) in [6.45, 7) is 1.37. The zero-order valence-electron chi connectivity index (χ0n) is 18.2. The lowest BCUT2D eigenvalue weighted by Crippen LogP contribution is -2.59. The van der Waals surface area contributed by atoms with Gasteiger partial charge in [-0.25, -0.2) is 8.42 Å². The Morgan fingerprint density at radius 2 is 1.56 bits per heavy atom. The van der Waals surface area contributed by atoms with Crippen molar-refractivity contribution < 1.29 is 13.2 Å². The minimum atomic E-state index is -3.60. The Hall–Kier alpha value is -2.42. The molecule has 1 unspecified atom stereocenters. The number of piperazine rings is 1. The predicted molar refractivity (Wildman–Crippen MR) is 134 cm³/mol. The van der Waals surface area contributed by atoms with Crippen molar-refractivity contribution in [1.29, 1.82) is 0 Å². The lowest BCUT2D eigenvalue weighted by molar-refractivity contribution is -0.129. The number of nitrogens with zero attached hydrogens (tertiary/aromatic N) is 2. The van der Waals surface area contributed by atoms with Crippen molar-refractivity contribution in [1.82, 2.24) is 9.21 Å².